The molecule has 2 N–H and O–H groups in total. The maximum atomic E-state index is 12.7. The lowest BCUT2D eigenvalue weighted by molar-refractivity contribution is 0.288. The van der Waals surface area contributed by atoms with Crippen LogP contribution >= 0.6 is 12.2 Å². The van der Waals surface area contributed by atoms with Crippen molar-refractivity contribution >= 4 is 17.2 Å². The van der Waals surface area contributed by atoms with Gasteiger partial charge in [0, 0.05) is 19.5 Å². The van der Waals surface area contributed by atoms with E-state index in [0.717, 1.165) is 31.6 Å². The summed E-state index contributed by atoms with van der Waals surface area (Å²) in [6.45, 7) is 4.67. The van der Waals surface area contributed by atoms with Crippen molar-refractivity contribution in [1.29, 1.82) is 0 Å². The first-order chi connectivity index (χ1) is 7.61. The smallest absolute Gasteiger partial charge is 0.123 e. The van der Waals surface area contributed by atoms with Crippen LogP contribution in [0.15, 0.2) is 24.3 Å². The third-order valence-corrected chi connectivity index (χ3v) is 2.65. The van der Waals surface area contributed by atoms with Gasteiger partial charge in [0.2, 0.25) is 0 Å². The summed E-state index contributed by atoms with van der Waals surface area (Å²) < 4.78 is 12.7. The molecule has 4 heteroatoms. The van der Waals surface area contributed by atoms with Crippen molar-refractivity contribution in [2.45, 2.75) is 19.9 Å². The number of rotatable bonds is 6. The van der Waals surface area contributed by atoms with Gasteiger partial charge in [0.25, 0.3) is 0 Å². The molecule has 16 heavy (non-hydrogen) atoms. The Hall–Kier alpha value is -1.00. The van der Waals surface area contributed by atoms with Gasteiger partial charge in [-0.3, -0.25) is 4.90 Å². The molecular weight excluding hydrogens is 223 g/mol. The second-order valence-corrected chi connectivity index (χ2v) is 4.24. The Balaban J connectivity index is 2.49. The molecule has 0 spiro atoms. The molecule has 0 radical (unpaired) electrons. The molecule has 1 rings (SSSR count). The van der Waals surface area contributed by atoms with Crippen LogP contribution in [0, 0.1) is 5.82 Å². The van der Waals surface area contributed by atoms with E-state index in [1.807, 2.05) is 0 Å². The second-order valence-electron chi connectivity index (χ2n) is 3.71. The van der Waals surface area contributed by atoms with Crippen molar-refractivity contribution < 1.29 is 4.39 Å². The number of halogens is 1. The van der Waals surface area contributed by atoms with E-state index in [1.54, 1.807) is 12.1 Å². The Morgan fingerprint density at radius 2 is 2.00 bits per heavy atom. The van der Waals surface area contributed by atoms with E-state index in [-0.39, 0.29) is 5.82 Å². The fourth-order valence-electron chi connectivity index (χ4n) is 1.47. The Morgan fingerprint density at radius 1 is 1.38 bits per heavy atom. The van der Waals surface area contributed by atoms with Crippen molar-refractivity contribution in [3.05, 3.63) is 35.6 Å². The molecule has 0 unspecified atom stereocenters. The number of nitrogens with zero attached hydrogens (tertiary/aromatic N) is 1. The highest BCUT2D eigenvalue weighted by Gasteiger charge is 2.04. The maximum absolute atomic E-state index is 12.7. The van der Waals surface area contributed by atoms with E-state index in [0.29, 0.717) is 4.99 Å². The molecular formula is C12H17FN2S. The molecule has 0 bridgehead atoms. The highest BCUT2D eigenvalue weighted by atomic mass is 32.1. The van der Waals surface area contributed by atoms with Crippen LogP contribution in [0.5, 0.6) is 0 Å². The summed E-state index contributed by atoms with van der Waals surface area (Å²) in [5, 5.41) is 0. The fourth-order valence-corrected chi connectivity index (χ4v) is 1.56. The van der Waals surface area contributed by atoms with Crippen LogP contribution in [0.2, 0.25) is 0 Å². The number of benzene rings is 1. The minimum atomic E-state index is -0.199. The second kappa shape index (κ2) is 6.55. The first-order valence-corrected chi connectivity index (χ1v) is 5.77. The van der Waals surface area contributed by atoms with Crippen molar-refractivity contribution in [3.63, 3.8) is 0 Å². The Labute approximate surface area is 101 Å². The van der Waals surface area contributed by atoms with Gasteiger partial charge in [-0.15, -0.1) is 0 Å². The molecule has 0 aromatic heterocycles. The first-order valence-electron chi connectivity index (χ1n) is 5.37. The van der Waals surface area contributed by atoms with Crippen LogP contribution in [0.25, 0.3) is 0 Å². The van der Waals surface area contributed by atoms with Gasteiger partial charge in [0.05, 0.1) is 4.99 Å². The van der Waals surface area contributed by atoms with Gasteiger partial charge in [-0.2, -0.15) is 0 Å². The van der Waals surface area contributed by atoms with Gasteiger partial charge in [-0.05, 0) is 24.2 Å². The Morgan fingerprint density at radius 3 is 2.50 bits per heavy atom. The predicted molar refractivity (Wildman–Crippen MR) is 68.8 cm³/mol. The Bertz CT molecular complexity index is 337. The quantitative estimate of drug-likeness (QED) is 0.774. The van der Waals surface area contributed by atoms with Crippen molar-refractivity contribution in [2.24, 2.45) is 5.73 Å². The minimum Gasteiger partial charge on any atom is -0.393 e. The Kier molecular flexibility index (Phi) is 5.35. The third kappa shape index (κ3) is 4.68. The number of hydrogen-bond donors (Lipinski definition) is 1. The van der Waals surface area contributed by atoms with Crippen molar-refractivity contribution in [1.82, 2.24) is 4.90 Å². The van der Waals surface area contributed by atoms with E-state index < -0.39 is 0 Å². The van der Waals surface area contributed by atoms with Crippen molar-refractivity contribution in [2.75, 3.05) is 13.1 Å². The molecule has 0 aliphatic heterocycles. The zero-order chi connectivity index (χ0) is 12.0. The van der Waals surface area contributed by atoms with Crippen LogP contribution in [-0.4, -0.2) is 23.0 Å². The molecule has 0 amide bonds. The van der Waals surface area contributed by atoms with E-state index in [9.17, 15) is 4.39 Å². The molecule has 0 aliphatic carbocycles. The standard InChI is InChI=1S/C12H17FN2S/c1-2-15(8-7-12(14)16)9-10-3-5-11(13)6-4-10/h3-6H,2,7-9H2,1H3,(H2,14,16). The zero-order valence-corrected chi connectivity index (χ0v) is 10.3. The van der Waals surface area contributed by atoms with Crippen LogP contribution in [0.4, 0.5) is 4.39 Å². The van der Waals surface area contributed by atoms with Gasteiger partial charge < -0.3 is 5.73 Å². The average Bonchev–Trinajstić information content (AvgIpc) is 2.26. The molecule has 0 saturated heterocycles. The molecule has 1 aromatic rings. The van der Waals surface area contributed by atoms with E-state index in [2.05, 4.69) is 11.8 Å². The SMILES string of the molecule is CCN(CCC(N)=S)Cc1ccc(F)cc1. The minimum absolute atomic E-state index is 0.199. The number of nitrogens with two attached hydrogens (primary N) is 1. The normalized spacial score (nSPS) is 10.7. The summed E-state index contributed by atoms with van der Waals surface area (Å²) in [6.07, 6.45) is 0.727. The van der Waals surface area contributed by atoms with Gasteiger partial charge >= 0.3 is 0 Å². The molecule has 0 aliphatic rings. The predicted octanol–water partition coefficient (Wildman–Crippen LogP) is 2.32. The number of thiocarbonyl (C=S) groups is 1. The molecule has 0 saturated carbocycles. The maximum Gasteiger partial charge on any atom is 0.123 e. The van der Waals surface area contributed by atoms with Crippen molar-refractivity contribution in [3.8, 4) is 0 Å². The monoisotopic (exact) mass is 240 g/mol. The molecule has 88 valence electrons. The topological polar surface area (TPSA) is 29.3 Å². The summed E-state index contributed by atoms with van der Waals surface area (Å²) in [5.41, 5.74) is 6.57. The van der Waals surface area contributed by atoms with Crippen LogP contribution < -0.4 is 5.73 Å². The number of hydrogen-bond acceptors (Lipinski definition) is 2. The highest BCUT2D eigenvalue weighted by molar-refractivity contribution is 7.80. The summed E-state index contributed by atoms with van der Waals surface area (Å²) >= 11 is 4.85. The van der Waals surface area contributed by atoms with Gasteiger partial charge in [0.1, 0.15) is 5.82 Å². The summed E-state index contributed by atoms with van der Waals surface area (Å²) in [6, 6.07) is 6.57. The highest BCUT2D eigenvalue weighted by Crippen LogP contribution is 2.06. The van der Waals surface area contributed by atoms with Crippen LogP contribution in [0.1, 0.15) is 18.9 Å². The molecule has 0 heterocycles. The summed E-state index contributed by atoms with van der Waals surface area (Å²) in [7, 11) is 0. The lowest BCUT2D eigenvalue weighted by atomic mass is 10.2. The fraction of sp³-hybridized carbons (Fsp3) is 0.417. The summed E-state index contributed by atoms with van der Waals surface area (Å²) in [5.74, 6) is -0.199. The molecule has 0 atom stereocenters. The largest absolute Gasteiger partial charge is 0.393 e. The van der Waals surface area contributed by atoms with Gasteiger partial charge in [-0.1, -0.05) is 31.3 Å². The average molecular weight is 240 g/mol. The molecule has 0 fully saturated rings. The van der Waals surface area contributed by atoms with Gasteiger partial charge in [0.15, 0.2) is 0 Å². The third-order valence-electron chi connectivity index (χ3n) is 2.44. The summed E-state index contributed by atoms with van der Waals surface area (Å²) in [4.78, 5) is 2.77. The molecule has 2 nitrogen and oxygen atoms in total. The zero-order valence-electron chi connectivity index (χ0n) is 9.45. The van der Waals surface area contributed by atoms with E-state index >= 15 is 0 Å². The van der Waals surface area contributed by atoms with E-state index in [4.69, 9.17) is 18.0 Å². The van der Waals surface area contributed by atoms with Crippen LogP contribution in [0.3, 0.4) is 0 Å². The lowest BCUT2D eigenvalue weighted by Gasteiger charge is -2.20. The van der Waals surface area contributed by atoms with Crippen LogP contribution in [-0.2, 0) is 6.54 Å². The molecule has 1 aromatic carbocycles. The lowest BCUT2D eigenvalue weighted by Crippen LogP contribution is -2.27. The first kappa shape index (κ1) is 13.1. The van der Waals surface area contributed by atoms with E-state index in [1.165, 1.54) is 12.1 Å². The van der Waals surface area contributed by atoms with Gasteiger partial charge in [-0.25, -0.2) is 4.39 Å².